The van der Waals surface area contributed by atoms with Gasteiger partial charge < -0.3 is 15.4 Å². The molecule has 0 unspecified atom stereocenters. The van der Waals surface area contributed by atoms with Crippen LogP contribution in [-0.4, -0.2) is 36.2 Å². The van der Waals surface area contributed by atoms with Gasteiger partial charge in [0.25, 0.3) is 0 Å². The molecular formula is C12H17N3O2. The first kappa shape index (κ1) is 12.0. The fraction of sp³-hybridized carbons (Fsp3) is 0.500. The van der Waals surface area contributed by atoms with Crippen LogP contribution in [0.1, 0.15) is 12.6 Å². The number of carbonyl (C=O) groups is 1. The molecule has 0 spiro atoms. The molecule has 92 valence electrons. The molecule has 2 N–H and O–H groups in total. The predicted molar refractivity (Wildman–Crippen MR) is 64.8 cm³/mol. The van der Waals surface area contributed by atoms with E-state index in [2.05, 4.69) is 15.6 Å². The van der Waals surface area contributed by atoms with Gasteiger partial charge in [0.1, 0.15) is 11.9 Å². The van der Waals surface area contributed by atoms with Gasteiger partial charge in [-0.05, 0) is 26.0 Å². The summed E-state index contributed by atoms with van der Waals surface area (Å²) in [5, 5.41) is 5.93. The van der Waals surface area contributed by atoms with Crippen molar-refractivity contribution in [2.24, 2.45) is 0 Å². The number of nitrogens with one attached hydrogen (secondary N) is 2. The van der Waals surface area contributed by atoms with E-state index < -0.39 is 0 Å². The lowest BCUT2D eigenvalue weighted by Gasteiger charge is -2.29. The van der Waals surface area contributed by atoms with Crippen LogP contribution in [0.4, 0.5) is 5.82 Å². The van der Waals surface area contributed by atoms with E-state index in [1.54, 1.807) is 6.07 Å². The van der Waals surface area contributed by atoms with Crippen molar-refractivity contribution in [3.05, 3.63) is 23.9 Å². The number of morpholine rings is 1. The first-order valence-electron chi connectivity index (χ1n) is 5.76. The van der Waals surface area contributed by atoms with Crippen LogP contribution in [0.3, 0.4) is 0 Å². The van der Waals surface area contributed by atoms with Crippen LogP contribution in [0.5, 0.6) is 0 Å². The minimum Gasteiger partial charge on any atom is -0.375 e. The van der Waals surface area contributed by atoms with Gasteiger partial charge in [0, 0.05) is 12.2 Å². The number of ether oxygens (including phenoxy) is 1. The SMILES string of the molecule is Cc1cccc(NC(=O)[C@H]2NCCO[C@@H]2C)n1. The number of hydrogen-bond donors (Lipinski definition) is 2. The van der Waals surface area contributed by atoms with Crippen molar-refractivity contribution in [3.8, 4) is 0 Å². The van der Waals surface area contributed by atoms with Crippen LogP contribution in [0.15, 0.2) is 18.2 Å². The molecule has 1 aliphatic rings. The fourth-order valence-corrected chi connectivity index (χ4v) is 1.84. The van der Waals surface area contributed by atoms with Crippen LogP contribution >= 0.6 is 0 Å². The van der Waals surface area contributed by atoms with Crippen LogP contribution in [0, 0.1) is 6.92 Å². The summed E-state index contributed by atoms with van der Waals surface area (Å²) in [4.78, 5) is 16.2. The number of anilines is 1. The molecular weight excluding hydrogens is 218 g/mol. The number of pyridine rings is 1. The molecule has 17 heavy (non-hydrogen) atoms. The molecule has 2 heterocycles. The summed E-state index contributed by atoms with van der Waals surface area (Å²) in [6.45, 7) is 5.12. The maximum absolute atomic E-state index is 12.0. The Hall–Kier alpha value is -1.46. The second kappa shape index (κ2) is 5.25. The highest BCUT2D eigenvalue weighted by molar-refractivity contribution is 5.94. The third-order valence-electron chi connectivity index (χ3n) is 2.74. The first-order chi connectivity index (χ1) is 8.16. The molecule has 1 aromatic heterocycles. The molecule has 2 rings (SSSR count). The summed E-state index contributed by atoms with van der Waals surface area (Å²) in [6.07, 6.45) is -0.117. The number of amides is 1. The lowest BCUT2D eigenvalue weighted by atomic mass is 10.1. The summed E-state index contributed by atoms with van der Waals surface area (Å²) in [5.74, 6) is 0.477. The van der Waals surface area contributed by atoms with Gasteiger partial charge in [-0.15, -0.1) is 0 Å². The lowest BCUT2D eigenvalue weighted by molar-refractivity contribution is -0.123. The summed E-state index contributed by atoms with van der Waals surface area (Å²) in [5.41, 5.74) is 0.878. The number of carbonyl (C=O) groups excluding carboxylic acids is 1. The Kier molecular flexibility index (Phi) is 3.71. The Labute approximate surface area is 101 Å². The summed E-state index contributed by atoms with van der Waals surface area (Å²) >= 11 is 0. The van der Waals surface area contributed by atoms with E-state index in [9.17, 15) is 4.79 Å². The lowest BCUT2D eigenvalue weighted by Crippen LogP contribution is -2.53. The van der Waals surface area contributed by atoms with Crippen LogP contribution in [-0.2, 0) is 9.53 Å². The fourth-order valence-electron chi connectivity index (χ4n) is 1.84. The Balaban J connectivity index is 2.01. The van der Waals surface area contributed by atoms with Gasteiger partial charge in [-0.3, -0.25) is 4.79 Å². The van der Waals surface area contributed by atoms with Gasteiger partial charge >= 0.3 is 0 Å². The molecule has 1 amide bonds. The molecule has 0 bridgehead atoms. The summed E-state index contributed by atoms with van der Waals surface area (Å²) < 4.78 is 5.43. The molecule has 1 aliphatic heterocycles. The van der Waals surface area contributed by atoms with Gasteiger partial charge in [0.15, 0.2) is 0 Å². The molecule has 1 aromatic rings. The van der Waals surface area contributed by atoms with E-state index in [4.69, 9.17) is 4.74 Å². The normalized spacial score (nSPS) is 24.4. The standard InChI is InChI=1S/C12H17N3O2/c1-8-4-3-5-10(14-8)15-12(16)11-9(2)17-7-6-13-11/h3-5,9,11,13H,6-7H2,1-2H3,(H,14,15,16)/t9-,11+/m1/s1. The molecule has 1 fully saturated rings. The van der Waals surface area contributed by atoms with E-state index in [1.165, 1.54) is 0 Å². The average molecular weight is 235 g/mol. The van der Waals surface area contributed by atoms with Crippen LogP contribution in [0.25, 0.3) is 0 Å². The van der Waals surface area contributed by atoms with E-state index in [1.807, 2.05) is 26.0 Å². The summed E-state index contributed by atoms with van der Waals surface area (Å²) in [7, 11) is 0. The third-order valence-corrected chi connectivity index (χ3v) is 2.74. The zero-order valence-corrected chi connectivity index (χ0v) is 10.1. The monoisotopic (exact) mass is 235 g/mol. The van der Waals surface area contributed by atoms with Crippen molar-refractivity contribution in [1.29, 1.82) is 0 Å². The maximum atomic E-state index is 12.0. The molecule has 2 atom stereocenters. The molecule has 0 aliphatic carbocycles. The second-order valence-electron chi connectivity index (χ2n) is 4.16. The maximum Gasteiger partial charge on any atom is 0.245 e. The minimum absolute atomic E-state index is 0.102. The van der Waals surface area contributed by atoms with E-state index in [0.29, 0.717) is 19.0 Å². The van der Waals surface area contributed by atoms with Crippen molar-refractivity contribution in [2.75, 3.05) is 18.5 Å². The zero-order valence-electron chi connectivity index (χ0n) is 10.1. The van der Waals surface area contributed by atoms with E-state index >= 15 is 0 Å². The summed E-state index contributed by atoms with van der Waals surface area (Å²) in [6, 6.07) is 5.22. The Morgan fingerprint density at radius 3 is 3.12 bits per heavy atom. The topological polar surface area (TPSA) is 63.2 Å². The number of aromatic nitrogens is 1. The van der Waals surface area contributed by atoms with Gasteiger partial charge in [-0.25, -0.2) is 4.98 Å². The van der Waals surface area contributed by atoms with Crippen molar-refractivity contribution < 1.29 is 9.53 Å². The quantitative estimate of drug-likeness (QED) is 0.792. The average Bonchev–Trinajstić information content (AvgIpc) is 2.29. The highest BCUT2D eigenvalue weighted by Crippen LogP contribution is 2.08. The van der Waals surface area contributed by atoms with E-state index in [-0.39, 0.29) is 18.1 Å². The Bertz CT molecular complexity index is 408. The van der Waals surface area contributed by atoms with Gasteiger partial charge in [0.05, 0.1) is 12.7 Å². The molecule has 0 saturated carbocycles. The molecule has 5 nitrogen and oxygen atoms in total. The largest absolute Gasteiger partial charge is 0.375 e. The first-order valence-corrected chi connectivity index (χ1v) is 5.76. The number of nitrogens with zero attached hydrogens (tertiary/aromatic N) is 1. The highest BCUT2D eigenvalue weighted by atomic mass is 16.5. The second-order valence-corrected chi connectivity index (χ2v) is 4.16. The van der Waals surface area contributed by atoms with Crippen molar-refractivity contribution in [1.82, 2.24) is 10.3 Å². The molecule has 5 heteroatoms. The van der Waals surface area contributed by atoms with Crippen molar-refractivity contribution >= 4 is 11.7 Å². The minimum atomic E-state index is -0.314. The van der Waals surface area contributed by atoms with Crippen molar-refractivity contribution in [2.45, 2.75) is 26.0 Å². The molecule has 1 saturated heterocycles. The molecule has 0 radical (unpaired) electrons. The highest BCUT2D eigenvalue weighted by Gasteiger charge is 2.28. The number of rotatable bonds is 2. The Morgan fingerprint density at radius 2 is 2.41 bits per heavy atom. The van der Waals surface area contributed by atoms with Crippen molar-refractivity contribution in [3.63, 3.8) is 0 Å². The number of aryl methyl sites for hydroxylation is 1. The van der Waals surface area contributed by atoms with Gasteiger partial charge in [-0.1, -0.05) is 6.07 Å². The Morgan fingerprint density at radius 1 is 1.59 bits per heavy atom. The zero-order chi connectivity index (χ0) is 12.3. The number of hydrogen-bond acceptors (Lipinski definition) is 4. The van der Waals surface area contributed by atoms with E-state index in [0.717, 1.165) is 5.69 Å². The third kappa shape index (κ3) is 3.01. The predicted octanol–water partition coefficient (Wildman–Crippen LogP) is 0.705. The van der Waals surface area contributed by atoms with Crippen LogP contribution < -0.4 is 10.6 Å². The van der Waals surface area contributed by atoms with Gasteiger partial charge in [-0.2, -0.15) is 0 Å². The van der Waals surface area contributed by atoms with Gasteiger partial charge in [0.2, 0.25) is 5.91 Å². The smallest absolute Gasteiger partial charge is 0.245 e. The molecule has 0 aromatic carbocycles. The van der Waals surface area contributed by atoms with Crippen LogP contribution in [0.2, 0.25) is 0 Å².